The van der Waals surface area contributed by atoms with Crippen molar-refractivity contribution in [2.24, 2.45) is 5.10 Å². The summed E-state index contributed by atoms with van der Waals surface area (Å²) in [5, 5.41) is 3.38. The molecular weight excluding hydrogens is 246 g/mol. The Morgan fingerprint density at radius 2 is 2.22 bits per heavy atom. The van der Waals surface area contributed by atoms with Gasteiger partial charge in [-0.15, -0.1) is 0 Å². The second-order valence-corrected chi connectivity index (χ2v) is 3.07. The van der Waals surface area contributed by atoms with Crippen molar-refractivity contribution in [1.82, 2.24) is 0 Å². The zero-order chi connectivity index (χ0) is 13.5. The molecular formula is C11H10F2N2O3. The summed E-state index contributed by atoms with van der Waals surface area (Å²) in [5.41, 5.74) is 1.44. The average Bonchev–Trinajstić information content (AvgIpc) is 2.32. The summed E-state index contributed by atoms with van der Waals surface area (Å²) >= 11 is 0. The summed E-state index contributed by atoms with van der Waals surface area (Å²) in [4.78, 5) is 21.7. The molecule has 0 spiro atoms. The van der Waals surface area contributed by atoms with E-state index in [0.29, 0.717) is 6.07 Å². The average molecular weight is 256 g/mol. The van der Waals surface area contributed by atoms with Gasteiger partial charge in [-0.2, -0.15) is 5.10 Å². The minimum Gasteiger partial charge on any atom is -0.461 e. The first kappa shape index (κ1) is 13.8. The maximum atomic E-state index is 13.2. The van der Waals surface area contributed by atoms with Gasteiger partial charge in [-0.05, 0) is 19.1 Å². The van der Waals surface area contributed by atoms with Crippen LogP contribution in [0.2, 0.25) is 0 Å². The molecule has 0 unspecified atom stereocenters. The standard InChI is InChI=1S/C11H10F2N2O3/c1-2-18-11(17)10(6-16)15-14-9-4-3-7(12)5-8(9)13/h3-6,14H,2H2,1H3/b15-10+. The van der Waals surface area contributed by atoms with Crippen LogP contribution in [-0.2, 0) is 14.3 Å². The Labute approximate surface area is 101 Å². The zero-order valence-corrected chi connectivity index (χ0v) is 9.44. The third kappa shape index (κ3) is 3.62. The van der Waals surface area contributed by atoms with Crippen molar-refractivity contribution in [1.29, 1.82) is 0 Å². The fraction of sp³-hybridized carbons (Fsp3) is 0.182. The summed E-state index contributed by atoms with van der Waals surface area (Å²) in [5.74, 6) is -2.57. The Bertz CT molecular complexity index is 489. The van der Waals surface area contributed by atoms with Crippen molar-refractivity contribution in [2.75, 3.05) is 12.0 Å². The molecule has 0 aromatic heterocycles. The molecule has 0 heterocycles. The number of halogens is 2. The third-order valence-corrected chi connectivity index (χ3v) is 1.82. The van der Waals surface area contributed by atoms with Crippen LogP contribution in [0, 0.1) is 11.6 Å². The van der Waals surface area contributed by atoms with E-state index < -0.39 is 23.3 Å². The quantitative estimate of drug-likeness (QED) is 0.285. The van der Waals surface area contributed by atoms with Crippen LogP contribution in [0.3, 0.4) is 0 Å². The number of ether oxygens (including phenoxy) is 1. The fourth-order valence-corrected chi connectivity index (χ4v) is 1.03. The van der Waals surface area contributed by atoms with Gasteiger partial charge in [0.2, 0.25) is 5.71 Å². The van der Waals surface area contributed by atoms with Crippen LogP contribution in [0.25, 0.3) is 0 Å². The Morgan fingerprint density at radius 3 is 2.78 bits per heavy atom. The highest BCUT2D eigenvalue weighted by Gasteiger charge is 2.12. The second kappa shape index (κ2) is 6.43. The van der Waals surface area contributed by atoms with Gasteiger partial charge >= 0.3 is 5.97 Å². The van der Waals surface area contributed by atoms with Crippen LogP contribution >= 0.6 is 0 Å². The highest BCUT2D eigenvalue weighted by atomic mass is 19.1. The maximum Gasteiger partial charge on any atom is 0.362 e. The number of benzene rings is 1. The Kier molecular flexibility index (Phi) is 4.91. The van der Waals surface area contributed by atoms with Crippen LogP contribution in [0.1, 0.15) is 6.92 Å². The van der Waals surface area contributed by atoms with Gasteiger partial charge in [-0.25, -0.2) is 13.6 Å². The number of carbonyl (C=O) groups excluding carboxylic acids is 2. The van der Waals surface area contributed by atoms with E-state index in [1.54, 1.807) is 6.92 Å². The molecule has 0 amide bonds. The van der Waals surface area contributed by atoms with Gasteiger partial charge in [-0.3, -0.25) is 10.2 Å². The molecule has 0 saturated heterocycles. The van der Waals surface area contributed by atoms with E-state index in [1.807, 2.05) is 0 Å². The van der Waals surface area contributed by atoms with E-state index >= 15 is 0 Å². The highest BCUT2D eigenvalue weighted by molar-refractivity contribution is 6.58. The summed E-state index contributed by atoms with van der Waals surface area (Å²) in [7, 11) is 0. The number of rotatable bonds is 5. The molecule has 1 aromatic carbocycles. The van der Waals surface area contributed by atoms with Gasteiger partial charge in [-0.1, -0.05) is 0 Å². The monoisotopic (exact) mass is 256 g/mol. The number of anilines is 1. The molecule has 7 heteroatoms. The van der Waals surface area contributed by atoms with Crippen LogP contribution in [0.15, 0.2) is 23.3 Å². The zero-order valence-electron chi connectivity index (χ0n) is 9.44. The lowest BCUT2D eigenvalue weighted by Crippen LogP contribution is -2.20. The molecule has 0 atom stereocenters. The van der Waals surface area contributed by atoms with Crippen molar-refractivity contribution >= 4 is 23.7 Å². The number of nitrogens with one attached hydrogen (secondary N) is 1. The smallest absolute Gasteiger partial charge is 0.362 e. The number of hydrazone groups is 1. The molecule has 1 rings (SSSR count). The van der Waals surface area contributed by atoms with Crippen molar-refractivity contribution in [2.45, 2.75) is 6.92 Å². The lowest BCUT2D eigenvalue weighted by Gasteiger charge is -2.03. The number of aldehydes is 1. The first-order valence-electron chi connectivity index (χ1n) is 4.99. The predicted octanol–water partition coefficient (Wildman–Crippen LogP) is 1.49. The molecule has 18 heavy (non-hydrogen) atoms. The van der Waals surface area contributed by atoms with Gasteiger partial charge < -0.3 is 4.74 Å². The molecule has 0 aliphatic carbocycles. The predicted molar refractivity (Wildman–Crippen MR) is 60.1 cm³/mol. The summed E-state index contributed by atoms with van der Waals surface area (Å²) in [6.07, 6.45) is 0.173. The van der Waals surface area contributed by atoms with Gasteiger partial charge in [0, 0.05) is 6.07 Å². The first-order chi connectivity index (χ1) is 8.58. The molecule has 5 nitrogen and oxygen atoms in total. The molecule has 0 aliphatic heterocycles. The van der Waals surface area contributed by atoms with Gasteiger partial charge in [0.1, 0.15) is 5.82 Å². The molecule has 0 fully saturated rings. The normalized spacial score (nSPS) is 10.9. The van der Waals surface area contributed by atoms with Crippen LogP contribution in [0.4, 0.5) is 14.5 Å². The number of nitrogens with zero attached hydrogens (tertiary/aromatic N) is 1. The largest absolute Gasteiger partial charge is 0.461 e. The number of esters is 1. The topological polar surface area (TPSA) is 67.8 Å². The highest BCUT2D eigenvalue weighted by Crippen LogP contribution is 2.14. The Morgan fingerprint density at radius 1 is 1.50 bits per heavy atom. The van der Waals surface area contributed by atoms with E-state index in [1.165, 1.54) is 0 Å². The summed E-state index contributed by atoms with van der Waals surface area (Å²) in [6.45, 7) is 1.64. The SMILES string of the molecule is CCOC(=O)/C(C=O)=N/Nc1ccc(F)cc1F. The minimum atomic E-state index is -0.928. The molecule has 0 saturated carbocycles. The lowest BCUT2D eigenvalue weighted by molar-refractivity contribution is -0.135. The van der Waals surface area contributed by atoms with Crippen molar-refractivity contribution in [3.05, 3.63) is 29.8 Å². The Balaban J connectivity index is 2.83. The second-order valence-electron chi connectivity index (χ2n) is 3.07. The number of hydrogen-bond donors (Lipinski definition) is 1. The van der Waals surface area contributed by atoms with Crippen molar-refractivity contribution in [3.8, 4) is 0 Å². The van der Waals surface area contributed by atoms with E-state index in [9.17, 15) is 18.4 Å². The molecule has 1 N–H and O–H groups in total. The van der Waals surface area contributed by atoms with E-state index in [0.717, 1.165) is 12.1 Å². The van der Waals surface area contributed by atoms with Crippen LogP contribution < -0.4 is 5.43 Å². The number of hydrogen-bond acceptors (Lipinski definition) is 5. The summed E-state index contributed by atoms with van der Waals surface area (Å²) < 4.78 is 30.3. The van der Waals surface area contributed by atoms with Gasteiger partial charge in [0.15, 0.2) is 12.1 Å². The maximum absolute atomic E-state index is 13.2. The van der Waals surface area contributed by atoms with Gasteiger partial charge in [0.25, 0.3) is 0 Å². The Hall–Kier alpha value is -2.31. The minimum absolute atomic E-state index is 0.0800. The van der Waals surface area contributed by atoms with Crippen LogP contribution in [-0.4, -0.2) is 24.6 Å². The van der Waals surface area contributed by atoms with E-state index in [2.05, 4.69) is 15.3 Å². The van der Waals surface area contributed by atoms with E-state index in [-0.39, 0.29) is 18.6 Å². The number of carbonyl (C=O) groups is 2. The van der Waals surface area contributed by atoms with Gasteiger partial charge in [0.05, 0.1) is 12.3 Å². The molecule has 1 aromatic rings. The molecule has 96 valence electrons. The molecule has 0 aliphatic rings. The fourth-order valence-electron chi connectivity index (χ4n) is 1.03. The van der Waals surface area contributed by atoms with E-state index in [4.69, 9.17) is 0 Å². The third-order valence-electron chi connectivity index (χ3n) is 1.82. The summed E-state index contributed by atoms with van der Waals surface area (Å²) in [6, 6.07) is 2.73. The van der Waals surface area contributed by atoms with Crippen molar-refractivity contribution in [3.63, 3.8) is 0 Å². The lowest BCUT2D eigenvalue weighted by atomic mass is 10.3. The molecule has 0 bridgehead atoms. The van der Waals surface area contributed by atoms with Crippen molar-refractivity contribution < 1.29 is 23.1 Å². The first-order valence-corrected chi connectivity index (χ1v) is 4.99. The van der Waals surface area contributed by atoms with Crippen LogP contribution in [0.5, 0.6) is 0 Å². The molecule has 0 radical (unpaired) electrons.